The van der Waals surface area contributed by atoms with Gasteiger partial charge in [-0.2, -0.15) is 0 Å². The molecule has 0 fully saturated rings. The maximum absolute atomic E-state index is 12.1. The second kappa shape index (κ2) is 4.31. The van der Waals surface area contributed by atoms with Gasteiger partial charge in [0.1, 0.15) is 0 Å². The third-order valence-corrected chi connectivity index (χ3v) is 2.65. The Balaban J connectivity index is 2.36. The van der Waals surface area contributed by atoms with Crippen molar-refractivity contribution in [2.24, 2.45) is 0 Å². The van der Waals surface area contributed by atoms with Crippen LogP contribution < -0.4 is 0 Å². The highest BCUT2D eigenvalue weighted by molar-refractivity contribution is 6.13. The number of hydrogen-bond acceptors (Lipinski definition) is 3. The lowest BCUT2D eigenvalue weighted by Crippen LogP contribution is -2.20. The lowest BCUT2D eigenvalue weighted by atomic mass is 9.95. The Morgan fingerprint density at radius 2 is 1.94 bits per heavy atom. The van der Waals surface area contributed by atoms with Crippen LogP contribution in [0, 0.1) is 0 Å². The van der Waals surface area contributed by atoms with Crippen molar-refractivity contribution in [3.05, 3.63) is 47.0 Å². The number of rotatable bonds is 2. The molecule has 0 amide bonds. The minimum atomic E-state index is -0.384. The predicted octanol–water partition coefficient (Wildman–Crippen LogP) is 2.13. The molecule has 1 heterocycles. The first-order valence-electron chi connectivity index (χ1n) is 5.17. The molecular weight excluding hydrogens is 204 g/mol. The molecule has 16 heavy (non-hydrogen) atoms. The Labute approximate surface area is 93.7 Å². The first-order valence-corrected chi connectivity index (χ1v) is 5.17. The zero-order chi connectivity index (χ0) is 11.5. The SMILES string of the molecule is CC1=C(C(=O)c2ccccc2)CCOC1=O. The molecule has 0 radical (unpaired) electrons. The molecule has 0 saturated heterocycles. The van der Waals surface area contributed by atoms with Gasteiger partial charge in [-0.15, -0.1) is 0 Å². The van der Waals surface area contributed by atoms with Crippen molar-refractivity contribution in [2.75, 3.05) is 6.61 Å². The third kappa shape index (κ3) is 1.89. The highest BCUT2D eigenvalue weighted by atomic mass is 16.5. The van der Waals surface area contributed by atoms with E-state index in [9.17, 15) is 9.59 Å². The van der Waals surface area contributed by atoms with Gasteiger partial charge in [-0.3, -0.25) is 4.79 Å². The molecule has 82 valence electrons. The van der Waals surface area contributed by atoms with Crippen molar-refractivity contribution in [3.8, 4) is 0 Å². The number of esters is 1. The maximum atomic E-state index is 12.1. The monoisotopic (exact) mass is 216 g/mol. The van der Waals surface area contributed by atoms with Crippen LogP contribution in [0.2, 0.25) is 0 Å². The number of carbonyl (C=O) groups is 2. The van der Waals surface area contributed by atoms with Crippen molar-refractivity contribution in [3.63, 3.8) is 0 Å². The predicted molar refractivity (Wildman–Crippen MR) is 59.0 cm³/mol. The zero-order valence-corrected chi connectivity index (χ0v) is 9.03. The van der Waals surface area contributed by atoms with E-state index >= 15 is 0 Å². The van der Waals surface area contributed by atoms with Crippen molar-refractivity contribution < 1.29 is 14.3 Å². The molecule has 0 bridgehead atoms. The van der Waals surface area contributed by atoms with Gasteiger partial charge >= 0.3 is 5.97 Å². The number of benzene rings is 1. The van der Waals surface area contributed by atoms with Gasteiger partial charge in [0.2, 0.25) is 0 Å². The summed E-state index contributed by atoms with van der Waals surface area (Å²) < 4.78 is 4.86. The van der Waals surface area contributed by atoms with Crippen LogP contribution in [0.4, 0.5) is 0 Å². The summed E-state index contributed by atoms with van der Waals surface area (Å²) >= 11 is 0. The fraction of sp³-hybridized carbons (Fsp3) is 0.231. The number of carbonyl (C=O) groups excluding carboxylic acids is 2. The molecule has 0 unspecified atom stereocenters. The third-order valence-electron chi connectivity index (χ3n) is 2.65. The van der Waals surface area contributed by atoms with E-state index in [0.29, 0.717) is 29.7 Å². The zero-order valence-electron chi connectivity index (χ0n) is 9.03. The highest BCUT2D eigenvalue weighted by Gasteiger charge is 2.23. The van der Waals surface area contributed by atoms with E-state index in [2.05, 4.69) is 0 Å². The summed E-state index contributed by atoms with van der Waals surface area (Å²) in [7, 11) is 0. The summed E-state index contributed by atoms with van der Waals surface area (Å²) in [6, 6.07) is 8.98. The van der Waals surface area contributed by atoms with Crippen LogP contribution in [0.5, 0.6) is 0 Å². The molecule has 1 aliphatic rings. The van der Waals surface area contributed by atoms with Gasteiger partial charge in [0, 0.05) is 23.1 Å². The van der Waals surface area contributed by atoms with Crippen LogP contribution in [0.25, 0.3) is 0 Å². The van der Waals surface area contributed by atoms with Crippen LogP contribution in [-0.2, 0) is 9.53 Å². The minimum absolute atomic E-state index is 0.0743. The number of cyclic esters (lactones) is 1. The molecule has 1 aromatic carbocycles. The number of ether oxygens (including phenoxy) is 1. The molecule has 0 atom stereocenters. The minimum Gasteiger partial charge on any atom is -0.462 e. The molecular formula is C13H12O3. The topological polar surface area (TPSA) is 43.4 Å². The van der Waals surface area contributed by atoms with Gasteiger partial charge in [0.25, 0.3) is 0 Å². The van der Waals surface area contributed by atoms with Crippen molar-refractivity contribution in [1.29, 1.82) is 0 Å². The second-order valence-corrected chi connectivity index (χ2v) is 3.68. The molecule has 1 aliphatic heterocycles. The van der Waals surface area contributed by atoms with Gasteiger partial charge in [0.05, 0.1) is 6.61 Å². The quantitative estimate of drug-likeness (QED) is 0.562. The van der Waals surface area contributed by atoms with E-state index in [4.69, 9.17) is 4.74 Å². The lowest BCUT2D eigenvalue weighted by Gasteiger charge is -2.16. The Morgan fingerprint density at radius 3 is 2.62 bits per heavy atom. The average Bonchev–Trinajstić information content (AvgIpc) is 2.33. The van der Waals surface area contributed by atoms with E-state index in [0.717, 1.165) is 0 Å². The van der Waals surface area contributed by atoms with Gasteiger partial charge in [-0.25, -0.2) is 4.79 Å². The van der Waals surface area contributed by atoms with E-state index in [-0.39, 0.29) is 11.8 Å². The van der Waals surface area contributed by atoms with E-state index in [1.54, 1.807) is 19.1 Å². The Morgan fingerprint density at radius 1 is 1.25 bits per heavy atom. The fourth-order valence-electron chi connectivity index (χ4n) is 1.71. The lowest BCUT2D eigenvalue weighted by molar-refractivity contribution is -0.139. The van der Waals surface area contributed by atoms with Gasteiger partial charge in [-0.1, -0.05) is 30.3 Å². The Kier molecular flexibility index (Phi) is 2.86. The Bertz CT molecular complexity index is 457. The average molecular weight is 216 g/mol. The van der Waals surface area contributed by atoms with Crippen LogP contribution >= 0.6 is 0 Å². The van der Waals surface area contributed by atoms with E-state index in [1.165, 1.54) is 0 Å². The number of hydrogen-bond donors (Lipinski definition) is 0. The normalized spacial score (nSPS) is 15.9. The first-order chi connectivity index (χ1) is 7.70. The molecule has 0 spiro atoms. The van der Waals surface area contributed by atoms with Crippen molar-refractivity contribution in [1.82, 2.24) is 0 Å². The standard InChI is InChI=1S/C13H12O3/c1-9-11(7-8-16-13(9)15)12(14)10-5-3-2-4-6-10/h2-6H,7-8H2,1H3. The largest absolute Gasteiger partial charge is 0.462 e. The van der Waals surface area contributed by atoms with Crippen LogP contribution in [0.3, 0.4) is 0 Å². The smallest absolute Gasteiger partial charge is 0.334 e. The summed E-state index contributed by atoms with van der Waals surface area (Å²) in [5, 5.41) is 0. The van der Waals surface area contributed by atoms with E-state index in [1.807, 2.05) is 18.2 Å². The van der Waals surface area contributed by atoms with Crippen molar-refractivity contribution >= 4 is 11.8 Å². The second-order valence-electron chi connectivity index (χ2n) is 3.68. The fourth-order valence-corrected chi connectivity index (χ4v) is 1.71. The molecule has 1 aromatic rings. The van der Waals surface area contributed by atoms with Gasteiger partial charge in [0.15, 0.2) is 5.78 Å². The molecule has 3 heteroatoms. The van der Waals surface area contributed by atoms with E-state index < -0.39 is 0 Å². The molecule has 0 N–H and O–H groups in total. The Hall–Kier alpha value is -1.90. The maximum Gasteiger partial charge on any atom is 0.334 e. The molecule has 0 aromatic heterocycles. The van der Waals surface area contributed by atoms with Crippen LogP contribution in [-0.4, -0.2) is 18.4 Å². The molecule has 3 nitrogen and oxygen atoms in total. The highest BCUT2D eigenvalue weighted by Crippen LogP contribution is 2.20. The summed E-state index contributed by atoms with van der Waals surface area (Å²) in [6.45, 7) is 1.93. The number of ketones is 1. The summed E-state index contributed by atoms with van der Waals surface area (Å²) in [6.07, 6.45) is 0.505. The first kappa shape index (κ1) is 10.6. The molecule has 0 saturated carbocycles. The van der Waals surface area contributed by atoms with Crippen molar-refractivity contribution in [2.45, 2.75) is 13.3 Å². The van der Waals surface area contributed by atoms with Crippen LogP contribution in [0.1, 0.15) is 23.7 Å². The molecule has 2 rings (SSSR count). The summed E-state index contributed by atoms with van der Waals surface area (Å²) in [4.78, 5) is 23.4. The molecule has 0 aliphatic carbocycles. The van der Waals surface area contributed by atoms with Crippen LogP contribution in [0.15, 0.2) is 41.5 Å². The number of Topliss-reactive ketones (excluding diaryl/α,β-unsaturated/α-hetero) is 1. The summed E-state index contributed by atoms with van der Waals surface area (Å²) in [5.41, 5.74) is 1.62. The summed E-state index contributed by atoms with van der Waals surface area (Å²) in [5.74, 6) is -0.458. The van der Waals surface area contributed by atoms with Gasteiger partial charge < -0.3 is 4.74 Å². The van der Waals surface area contributed by atoms with Gasteiger partial charge in [-0.05, 0) is 6.92 Å².